The number of ether oxygens (including phenoxy) is 1. The van der Waals surface area contributed by atoms with Crippen LogP contribution in [-0.2, 0) is 15.7 Å². The summed E-state index contributed by atoms with van der Waals surface area (Å²) >= 11 is 0. The van der Waals surface area contributed by atoms with Crippen LogP contribution >= 0.6 is 0 Å². The van der Waals surface area contributed by atoms with Gasteiger partial charge in [-0.3, -0.25) is 13.7 Å². The molecule has 0 saturated carbocycles. The molecule has 240 valence electrons. The molecule has 1 amide bonds. The maximum Gasteiger partial charge on any atom is 0.255 e. The lowest BCUT2D eigenvalue weighted by Gasteiger charge is -2.37. The largest absolute Gasteiger partial charge is 0.463 e. The van der Waals surface area contributed by atoms with Gasteiger partial charge in [0.05, 0.1) is 34.4 Å². The van der Waals surface area contributed by atoms with Gasteiger partial charge in [0.2, 0.25) is 15.7 Å². The number of carbonyl (C=O) groups is 1. The zero-order chi connectivity index (χ0) is 33.4. The lowest BCUT2D eigenvalue weighted by Crippen LogP contribution is -2.42. The maximum atomic E-state index is 15.0. The fourth-order valence-corrected chi connectivity index (χ4v) is 6.57. The molecule has 1 aliphatic heterocycles. The second-order valence-corrected chi connectivity index (χ2v) is 13.5. The van der Waals surface area contributed by atoms with Crippen molar-refractivity contribution in [2.45, 2.75) is 12.6 Å². The van der Waals surface area contributed by atoms with Crippen LogP contribution < -0.4 is 14.4 Å². The van der Waals surface area contributed by atoms with E-state index in [4.69, 9.17) is 14.1 Å². The first-order chi connectivity index (χ1) is 22.3. The van der Waals surface area contributed by atoms with Gasteiger partial charge in [0.15, 0.2) is 5.75 Å². The summed E-state index contributed by atoms with van der Waals surface area (Å²) in [5, 5.41) is 13.7. The first-order valence-electron chi connectivity index (χ1n) is 14.5. The van der Waals surface area contributed by atoms with E-state index in [9.17, 15) is 27.1 Å². The number of amides is 1. The summed E-state index contributed by atoms with van der Waals surface area (Å²) in [5.41, 5.74) is 1.74. The van der Waals surface area contributed by atoms with Crippen LogP contribution in [0.2, 0.25) is 0 Å². The van der Waals surface area contributed by atoms with E-state index in [-0.39, 0.29) is 22.6 Å². The van der Waals surface area contributed by atoms with Crippen molar-refractivity contribution in [3.8, 4) is 39.7 Å². The second-order valence-electron chi connectivity index (χ2n) is 11.5. The van der Waals surface area contributed by atoms with E-state index in [1.807, 2.05) is 0 Å². The van der Waals surface area contributed by atoms with Crippen molar-refractivity contribution in [2.75, 3.05) is 31.3 Å². The average molecular weight is 659 g/mol. The monoisotopic (exact) mass is 658 g/mol. The number of fused-ring (bicyclic) bond motifs is 6. The van der Waals surface area contributed by atoms with Gasteiger partial charge in [0.1, 0.15) is 35.3 Å². The highest BCUT2D eigenvalue weighted by Gasteiger charge is 2.39. The first kappa shape index (κ1) is 30.4. The Morgan fingerprint density at radius 2 is 1.81 bits per heavy atom. The Labute approximate surface area is 267 Å². The molecule has 10 nitrogen and oxygen atoms in total. The summed E-state index contributed by atoms with van der Waals surface area (Å²) < 4.78 is 69.6. The highest BCUT2D eigenvalue weighted by Crippen LogP contribution is 2.46. The van der Waals surface area contributed by atoms with E-state index in [2.05, 4.69) is 5.32 Å². The summed E-state index contributed by atoms with van der Waals surface area (Å²) in [7, 11) is -0.944. The molecule has 3 aromatic carbocycles. The Bertz CT molecular complexity index is 2370. The molecule has 0 aliphatic carbocycles. The first-order valence-corrected chi connectivity index (χ1v) is 16.3. The lowest BCUT2D eigenvalue weighted by atomic mass is 10.00. The number of anilines is 1. The van der Waals surface area contributed by atoms with Gasteiger partial charge in [0.25, 0.3) is 5.91 Å². The second kappa shape index (κ2) is 10.6. The zero-order valence-corrected chi connectivity index (χ0v) is 26.4. The number of nitrogens with zero attached hydrogens (tertiary/aromatic N) is 3. The fraction of sp³-hybridized carbons (Fsp3) is 0.176. The number of pyridine rings is 1. The van der Waals surface area contributed by atoms with Crippen molar-refractivity contribution in [3.63, 3.8) is 0 Å². The van der Waals surface area contributed by atoms with Crippen LogP contribution in [0.25, 0.3) is 55.8 Å². The van der Waals surface area contributed by atoms with Crippen molar-refractivity contribution in [1.82, 2.24) is 14.9 Å². The standard InChI is InChI=1S/C34H28F2N4O6S/c1-34(17-41)40-25-7-5-6-23(36)20(25)15-27(40)31-28(46-34)13-12-24(38-31)21-14-22-29(16-26(21)39(3)47(4,43)44)45-32(30(22)33(42)37-2)18-8-10-19(35)11-9-18/h5-16,41H,17H2,1-4H3,(H,37,42). The van der Waals surface area contributed by atoms with Crippen LogP contribution in [0.1, 0.15) is 17.3 Å². The minimum atomic E-state index is -3.80. The third-order valence-corrected chi connectivity index (χ3v) is 9.66. The van der Waals surface area contributed by atoms with Gasteiger partial charge in [-0.15, -0.1) is 0 Å². The van der Waals surface area contributed by atoms with Crippen LogP contribution in [0.5, 0.6) is 5.75 Å². The van der Waals surface area contributed by atoms with Crippen LogP contribution in [-0.4, -0.2) is 55.9 Å². The molecule has 6 aromatic rings. The Kier molecular flexibility index (Phi) is 6.88. The van der Waals surface area contributed by atoms with Gasteiger partial charge < -0.3 is 19.6 Å². The van der Waals surface area contributed by atoms with Crippen molar-refractivity contribution >= 4 is 43.5 Å². The molecule has 13 heteroatoms. The van der Waals surface area contributed by atoms with E-state index < -0.39 is 39.9 Å². The van der Waals surface area contributed by atoms with Crippen molar-refractivity contribution < 1.29 is 36.3 Å². The number of aliphatic hydroxyl groups excluding tert-OH is 1. The zero-order valence-electron chi connectivity index (χ0n) is 25.6. The number of hydrogen-bond acceptors (Lipinski definition) is 7. The molecule has 2 N–H and O–H groups in total. The molecule has 1 aliphatic rings. The van der Waals surface area contributed by atoms with Crippen LogP contribution in [0, 0.1) is 11.6 Å². The van der Waals surface area contributed by atoms with E-state index in [0.717, 1.165) is 10.6 Å². The Morgan fingerprint density at radius 3 is 2.49 bits per heavy atom. The van der Waals surface area contributed by atoms with Gasteiger partial charge in [-0.2, -0.15) is 0 Å². The van der Waals surface area contributed by atoms with Crippen LogP contribution in [0.15, 0.2) is 77.2 Å². The van der Waals surface area contributed by atoms with E-state index in [1.165, 1.54) is 50.5 Å². The SMILES string of the molecule is CNC(=O)c1c(-c2ccc(F)cc2)oc2cc(N(C)S(C)(=O)=O)c(-c3ccc4c(n3)-c3cc5c(F)cccc5n3C(C)(CO)O4)cc12. The summed E-state index contributed by atoms with van der Waals surface area (Å²) in [6.07, 6.45) is 1.06. The number of rotatable bonds is 6. The quantitative estimate of drug-likeness (QED) is 0.229. The topological polar surface area (TPSA) is 127 Å². The molecule has 0 radical (unpaired) electrons. The number of carbonyl (C=O) groups excluding carboxylic acids is 1. The molecular weight excluding hydrogens is 630 g/mol. The van der Waals surface area contributed by atoms with Gasteiger partial charge >= 0.3 is 0 Å². The van der Waals surface area contributed by atoms with E-state index >= 15 is 0 Å². The van der Waals surface area contributed by atoms with E-state index in [0.29, 0.717) is 50.2 Å². The normalized spacial score (nSPS) is 15.7. The Hall–Kier alpha value is -5.27. The number of sulfonamides is 1. The highest BCUT2D eigenvalue weighted by molar-refractivity contribution is 7.92. The molecule has 4 heterocycles. The van der Waals surface area contributed by atoms with E-state index in [1.54, 1.807) is 47.9 Å². The number of benzene rings is 3. The predicted molar refractivity (Wildman–Crippen MR) is 174 cm³/mol. The average Bonchev–Trinajstić information content (AvgIpc) is 3.64. The summed E-state index contributed by atoms with van der Waals surface area (Å²) in [4.78, 5) is 18.2. The molecule has 0 fully saturated rings. The molecular formula is C34H28F2N4O6S. The van der Waals surface area contributed by atoms with Gasteiger partial charge in [-0.1, -0.05) is 6.07 Å². The molecule has 3 aromatic heterocycles. The summed E-state index contributed by atoms with van der Waals surface area (Å²) in [6.45, 7) is 1.27. The number of furan rings is 1. The van der Waals surface area contributed by atoms with Crippen LogP contribution in [0.3, 0.4) is 0 Å². The maximum absolute atomic E-state index is 15.0. The molecule has 0 saturated heterocycles. The molecule has 0 bridgehead atoms. The third kappa shape index (κ3) is 4.72. The fourth-order valence-electron chi connectivity index (χ4n) is 6.06. The number of aromatic nitrogens is 2. The third-order valence-electron chi connectivity index (χ3n) is 8.47. The van der Waals surface area contributed by atoms with Crippen molar-refractivity contribution in [1.29, 1.82) is 0 Å². The number of nitrogens with one attached hydrogen (secondary N) is 1. The van der Waals surface area contributed by atoms with Gasteiger partial charge in [-0.05, 0) is 67.6 Å². The Balaban J connectivity index is 1.51. The van der Waals surface area contributed by atoms with Gasteiger partial charge in [0, 0.05) is 42.1 Å². The molecule has 1 atom stereocenters. The number of aliphatic hydroxyl groups is 1. The van der Waals surface area contributed by atoms with Gasteiger partial charge in [-0.25, -0.2) is 22.2 Å². The predicted octanol–water partition coefficient (Wildman–Crippen LogP) is 5.87. The molecule has 0 spiro atoms. The summed E-state index contributed by atoms with van der Waals surface area (Å²) in [6, 6.07) is 18.1. The molecule has 47 heavy (non-hydrogen) atoms. The lowest BCUT2D eigenvalue weighted by molar-refractivity contribution is -0.0406. The van der Waals surface area contributed by atoms with Crippen LogP contribution in [0.4, 0.5) is 14.5 Å². The number of hydrogen-bond donors (Lipinski definition) is 2. The highest BCUT2D eigenvalue weighted by atomic mass is 32.2. The minimum Gasteiger partial charge on any atom is -0.463 e. The smallest absolute Gasteiger partial charge is 0.255 e. The summed E-state index contributed by atoms with van der Waals surface area (Å²) in [5.74, 6) is -0.892. The molecule has 1 unspecified atom stereocenters. The number of halogens is 2. The van der Waals surface area contributed by atoms with Crippen molar-refractivity contribution in [3.05, 3.63) is 90.0 Å². The minimum absolute atomic E-state index is 0.166. The van der Waals surface area contributed by atoms with Crippen molar-refractivity contribution in [2.24, 2.45) is 0 Å². The molecule has 7 rings (SSSR count). The Morgan fingerprint density at radius 1 is 1.06 bits per heavy atom.